The molecule has 0 radical (unpaired) electrons. The quantitative estimate of drug-likeness (QED) is 0.801. The smallest absolute Gasteiger partial charge is 0.234 e. The van der Waals surface area contributed by atoms with E-state index in [1.54, 1.807) is 0 Å². The van der Waals surface area contributed by atoms with E-state index in [9.17, 15) is 4.79 Å². The average Bonchev–Trinajstić information content (AvgIpc) is 2.72. The first-order valence-corrected chi connectivity index (χ1v) is 6.95. The van der Waals surface area contributed by atoms with E-state index in [1.165, 1.54) is 25.7 Å². The lowest BCUT2D eigenvalue weighted by Gasteiger charge is -2.19. The Morgan fingerprint density at radius 3 is 2.59 bits per heavy atom. The van der Waals surface area contributed by atoms with Gasteiger partial charge in [0, 0.05) is 13.2 Å². The van der Waals surface area contributed by atoms with E-state index in [4.69, 9.17) is 4.74 Å². The molecular weight excluding hydrogens is 216 g/mol. The SMILES string of the molecule is O=C(CN1CCCCCC1)NC[C@@H]1CCCO1. The number of hydrogen-bond acceptors (Lipinski definition) is 3. The van der Waals surface area contributed by atoms with Crippen molar-refractivity contribution < 1.29 is 9.53 Å². The van der Waals surface area contributed by atoms with Gasteiger partial charge in [-0.05, 0) is 38.8 Å². The van der Waals surface area contributed by atoms with E-state index in [-0.39, 0.29) is 12.0 Å². The maximum Gasteiger partial charge on any atom is 0.234 e. The summed E-state index contributed by atoms with van der Waals surface area (Å²) in [4.78, 5) is 14.0. The second kappa shape index (κ2) is 6.97. The van der Waals surface area contributed by atoms with Crippen LogP contribution in [0.2, 0.25) is 0 Å². The van der Waals surface area contributed by atoms with Crippen molar-refractivity contribution >= 4 is 5.91 Å². The predicted octanol–water partition coefficient (Wildman–Crippen LogP) is 1.16. The Morgan fingerprint density at radius 1 is 1.18 bits per heavy atom. The van der Waals surface area contributed by atoms with Crippen molar-refractivity contribution in [2.75, 3.05) is 32.8 Å². The van der Waals surface area contributed by atoms with Crippen LogP contribution in [0.5, 0.6) is 0 Å². The lowest BCUT2D eigenvalue weighted by molar-refractivity contribution is -0.122. The van der Waals surface area contributed by atoms with Gasteiger partial charge in [-0.3, -0.25) is 9.69 Å². The lowest BCUT2D eigenvalue weighted by Crippen LogP contribution is -2.40. The molecule has 0 spiro atoms. The van der Waals surface area contributed by atoms with Crippen molar-refractivity contribution in [1.29, 1.82) is 0 Å². The number of amides is 1. The monoisotopic (exact) mass is 240 g/mol. The van der Waals surface area contributed by atoms with Gasteiger partial charge in [-0.2, -0.15) is 0 Å². The molecule has 2 aliphatic heterocycles. The molecule has 4 heteroatoms. The summed E-state index contributed by atoms with van der Waals surface area (Å²) in [6.45, 7) is 4.26. The van der Waals surface area contributed by atoms with Crippen molar-refractivity contribution in [3.05, 3.63) is 0 Å². The molecule has 0 bridgehead atoms. The number of likely N-dealkylation sites (tertiary alicyclic amines) is 1. The van der Waals surface area contributed by atoms with Gasteiger partial charge >= 0.3 is 0 Å². The van der Waals surface area contributed by atoms with Gasteiger partial charge in [0.15, 0.2) is 0 Å². The first kappa shape index (κ1) is 12.8. The summed E-state index contributed by atoms with van der Waals surface area (Å²) in [7, 11) is 0. The zero-order valence-corrected chi connectivity index (χ0v) is 10.6. The summed E-state index contributed by atoms with van der Waals surface area (Å²) in [6, 6.07) is 0. The summed E-state index contributed by atoms with van der Waals surface area (Å²) in [5.74, 6) is 0.155. The summed E-state index contributed by atoms with van der Waals surface area (Å²) < 4.78 is 5.48. The molecule has 2 saturated heterocycles. The summed E-state index contributed by atoms with van der Waals surface area (Å²) in [6.07, 6.45) is 7.57. The Labute approximate surface area is 104 Å². The maximum atomic E-state index is 11.8. The van der Waals surface area contributed by atoms with E-state index in [0.29, 0.717) is 13.1 Å². The fourth-order valence-electron chi connectivity index (χ4n) is 2.59. The maximum absolute atomic E-state index is 11.8. The van der Waals surface area contributed by atoms with Gasteiger partial charge in [-0.25, -0.2) is 0 Å². The molecule has 0 aromatic carbocycles. The number of hydrogen-bond donors (Lipinski definition) is 1. The zero-order chi connectivity index (χ0) is 11.9. The van der Waals surface area contributed by atoms with Crippen molar-refractivity contribution in [3.8, 4) is 0 Å². The molecule has 0 aliphatic carbocycles. The van der Waals surface area contributed by atoms with Crippen molar-refractivity contribution in [3.63, 3.8) is 0 Å². The van der Waals surface area contributed by atoms with Crippen molar-refractivity contribution in [2.45, 2.75) is 44.6 Å². The van der Waals surface area contributed by atoms with Gasteiger partial charge < -0.3 is 10.1 Å². The summed E-state index contributed by atoms with van der Waals surface area (Å²) in [5, 5.41) is 2.99. The molecule has 1 amide bonds. The first-order valence-electron chi connectivity index (χ1n) is 6.95. The van der Waals surface area contributed by atoms with Crippen LogP contribution >= 0.6 is 0 Å². The zero-order valence-electron chi connectivity index (χ0n) is 10.6. The molecule has 0 aromatic rings. The van der Waals surface area contributed by atoms with Gasteiger partial charge in [-0.15, -0.1) is 0 Å². The van der Waals surface area contributed by atoms with Crippen molar-refractivity contribution in [2.24, 2.45) is 0 Å². The number of nitrogens with zero attached hydrogens (tertiary/aromatic N) is 1. The molecule has 0 aromatic heterocycles. The lowest BCUT2D eigenvalue weighted by atomic mass is 10.2. The number of rotatable bonds is 4. The predicted molar refractivity (Wildman–Crippen MR) is 66.9 cm³/mol. The molecule has 2 fully saturated rings. The van der Waals surface area contributed by atoms with E-state index in [2.05, 4.69) is 10.2 Å². The normalized spacial score (nSPS) is 26.7. The fourth-order valence-corrected chi connectivity index (χ4v) is 2.59. The van der Waals surface area contributed by atoms with Crippen LogP contribution in [-0.4, -0.2) is 49.7 Å². The van der Waals surface area contributed by atoms with Crippen LogP contribution < -0.4 is 5.32 Å². The van der Waals surface area contributed by atoms with Gasteiger partial charge in [0.05, 0.1) is 12.6 Å². The number of carbonyl (C=O) groups is 1. The first-order chi connectivity index (χ1) is 8.34. The molecular formula is C13H24N2O2. The minimum Gasteiger partial charge on any atom is -0.376 e. The Bertz CT molecular complexity index is 232. The van der Waals surface area contributed by atoms with Crippen LogP contribution in [0.1, 0.15) is 38.5 Å². The van der Waals surface area contributed by atoms with Crippen LogP contribution in [0.15, 0.2) is 0 Å². The molecule has 1 atom stereocenters. The van der Waals surface area contributed by atoms with Gasteiger partial charge in [-0.1, -0.05) is 12.8 Å². The highest BCUT2D eigenvalue weighted by atomic mass is 16.5. The molecule has 98 valence electrons. The van der Waals surface area contributed by atoms with Gasteiger partial charge in [0.25, 0.3) is 0 Å². The van der Waals surface area contributed by atoms with E-state index < -0.39 is 0 Å². The van der Waals surface area contributed by atoms with E-state index in [0.717, 1.165) is 32.5 Å². The summed E-state index contributed by atoms with van der Waals surface area (Å²) >= 11 is 0. The number of nitrogens with one attached hydrogen (secondary N) is 1. The van der Waals surface area contributed by atoms with Crippen LogP contribution in [-0.2, 0) is 9.53 Å². The second-order valence-electron chi connectivity index (χ2n) is 5.13. The Balaban J connectivity index is 1.61. The molecule has 4 nitrogen and oxygen atoms in total. The minimum absolute atomic E-state index is 0.155. The Hall–Kier alpha value is -0.610. The summed E-state index contributed by atoms with van der Waals surface area (Å²) in [5.41, 5.74) is 0. The molecule has 1 N–H and O–H groups in total. The van der Waals surface area contributed by atoms with E-state index in [1.807, 2.05) is 0 Å². The standard InChI is InChI=1S/C13H24N2O2/c16-13(14-10-12-6-5-9-17-12)11-15-7-3-1-2-4-8-15/h12H,1-11H2,(H,14,16)/t12-/m0/s1. The third-order valence-corrected chi connectivity index (χ3v) is 3.62. The van der Waals surface area contributed by atoms with Crippen LogP contribution in [0, 0.1) is 0 Å². The topological polar surface area (TPSA) is 41.6 Å². The van der Waals surface area contributed by atoms with Crippen LogP contribution in [0.4, 0.5) is 0 Å². The third-order valence-electron chi connectivity index (χ3n) is 3.62. The molecule has 2 rings (SSSR count). The third kappa shape index (κ3) is 4.64. The van der Waals surface area contributed by atoms with Gasteiger partial charge in [0.2, 0.25) is 5.91 Å². The van der Waals surface area contributed by atoms with Crippen molar-refractivity contribution in [1.82, 2.24) is 10.2 Å². The van der Waals surface area contributed by atoms with Crippen LogP contribution in [0.25, 0.3) is 0 Å². The Kier molecular flexibility index (Phi) is 5.26. The molecule has 2 heterocycles. The molecule has 17 heavy (non-hydrogen) atoms. The highest BCUT2D eigenvalue weighted by molar-refractivity contribution is 5.78. The number of ether oxygens (including phenoxy) is 1. The average molecular weight is 240 g/mol. The molecule has 2 aliphatic rings. The van der Waals surface area contributed by atoms with E-state index >= 15 is 0 Å². The fraction of sp³-hybridized carbons (Fsp3) is 0.923. The highest BCUT2D eigenvalue weighted by Gasteiger charge is 2.17. The highest BCUT2D eigenvalue weighted by Crippen LogP contribution is 2.11. The minimum atomic E-state index is 0.155. The molecule has 0 saturated carbocycles. The largest absolute Gasteiger partial charge is 0.376 e. The van der Waals surface area contributed by atoms with Crippen LogP contribution in [0.3, 0.4) is 0 Å². The Morgan fingerprint density at radius 2 is 1.94 bits per heavy atom. The second-order valence-corrected chi connectivity index (χ2v) is 5.13. The molecule has 0 unspecified atom stereocenters. The number of carbonyl (C=O) groups excluding carboxylic acids is 1. The van der Waals surface area contributed by atoms with Gasteiger partial charge in [0.1, 0.15) is 0 Å².